The number of benzene rings is 1. The number of nitrogens with one attached hydrogen (secondary N) is 1. The molecule has 1 aliphatic rings. The first-order valence-corrected chi connectivity index (χ1v) is 8.30. The summed E-state index contributed by atoms with van der Waals surface area (Å²) >= 11 is 1.37. The van der Waals surface area contributed by atoms with Gasteiger partial charge in [0, 0.05) is 7.05 Å². The largest absolute Gasteiger partial charge is 0.348 e. The fourth-order valence-electron chi connectivity index (χ4n) is 2.73. The molecule has 1 aromatic carbocycles. The van der Waals surface area contributed by atoms with Crippen molar-refractivity contribution in [2.45, 2.75) is 42.6 Å². The van der Waals surface area contributed by atoms with Crippen molar-refractivity contribution in [2.75, 3.05) is 0 Å². The summed E-state index contributed by atoms with van der Waals surface area (Å²) in [5.74, 6) is 0.0229. The van der Waals surface area contributed by atoms with E-state index in [0.29, 0.717) is 5.16 Å². The number of carbonyl (C=O) groups is 1. The first-order chi connectivity index (χ1) is 10.6. The van der Waals surface area contributed by atoms with Crippen LogP contribution in [0.15, 0.2) is 29.4 Å². The van der Waals surface area contributed by atoms with Gasteiger partial charge in [0.1, 0.15) is 0 Å². The molecule has 0 saturated heterocycles. The van der Waals surface area contributed by atoms with Gasteiger partial charge in [-0.3, -0.25) is 4.79 Å². The third-order valence-corrected chi connectivity index (χ3v) is 5.04. The Labute approximate surface area is 133 Å². The van der Waals surface area contributed by atoms with Crippen molar-refractivity contribution in [3.8, 4) is 0 Å². The molecule has 0 radical (unpaired) electrons. The van der Waals surface area contributed by atoms with Crippen molar-refractivity contribution in [1.29, 1.82) is 0 Å². The SMILES string of the molecule is C[C@H](Sc1nnnn1C)C(=O)N[C@@H]1CCCc2ccccc21. The molecule has 2 atom stereocenters. The van der Waals surface area contributed by atoms with Crippen LogP contribution in [-0.2, 0) is 18.3 Å². The molecule has 2 aromatic rings. The first-order valence-electron chi connectivity index (χ1n) is 7.42. The van der Waals surface area contributed by atoms with E-state index in [2.05, 4.69) is 39.0 Å². The Morgan fingerprint density at radius 2 is 2.27 bits per heavy atom. The number of aryl methyl sites for hydroxylation is 2. The average molecular weight is 317 g/mol. The van der Waals surface area contributed by atoms with Crippen molar-refractivity contribution >= 4 is 17.7 Å². The molecule has 7 heteroatoms. The van der Waals surface area contributed by atoms with E-state index in [1.807, 2.05) is 13.0 Å². The van der Waals surface area contributed by atoms with Gasteiger partial charge in [-0.05, 0) is 47.7 Å². The quantitative estimate of drug-likeness (QED) is 0.872. The van der Waals surface area contributed by atoms with E-state index >= 15 is 0 Å². The number of hydrogen-bond acceptors (Lipinski definition) is 5. The highest BCUT2D eigenvalue weighted by atomic mass is 32.2. The molecular weight excluding hydrogens is 298 g/mol. The predicted molar refractivity (Wildman–Crippen MR) is 84.4 cm³/mol. The molecule has 0 saturated carbocycles. The first kappa shape index (κ1) is 15.0. The lowest BCUT2D eigenvalue weighted by Gasteiger charge is -2.27. The van der Waals surface area contributed by atoms with E-state index in [4.69, 9.17) is 0 Å². The van der Waals surface area contributed by atoms with Crippen molar-refractivity contribution in [1.82, 2.24) is 25.5 Å². The lowest BCUT2D eigenvalue weighted by Crippen LogP contribution is -2.36. The van der Waals surface area contributed by atoms with Gasteiger partial charge in [-0.25, -0.2) is 4.68 Å². The van der Waals surface area contributed by atoms with Crippen molar-refractivity contribution < 1.29 is 4.79 Å². The van der Waals surface area contributed by atoms with E-state index in [0.717, 1.165) is 19.3 Å². The van der Waals surface area contributed by atoms with Crippen LogP contribution < -0.4 is 5.32 Å². The molecule has 0 bridgehead atoms. The fraction of sp³-hybridized carbons (Fsp3) is 0.467. The summed E-state index contributed by atoms with van der Waals surface area (Å²) in [5.41, 5.74) is 2.59. The van der Waals surface area contributed by atoms with Gasteiger partial charge in [-0.1, -0.05) is 36.0 Å². The molecule has 3 rings (SSSR count). The fourth-order valence-corrected chi connectivity index (χ4v) is 3.49. The summed E-state index contributed by atoms with van der Waals surface area (Å²) in [6.45, 7) is 1.88. The minimum atomic E-state index is -0.237. The summed E-state index contributed by atoms with van der Waals surface area (Å²) < 4.78 is 1.57. The molecule has 0 fully saturated rings. The molecule has 22 heavy (non-hydrogen) atoms. The maximum absolute atomic E-state index is 12.4. The second-order valence-corrected chi connectivity index (χ2v) is 6.81. The zero-order valence-electron chi connectivity index (χ0n) is 12.7. The van der Waals surface area contributed by atoms with E-state index in [9.17, 15) is 4.79 Å². The zero-order chi connectivity index (χ0) is 15.5. The molecule has 6 nitrogen and oxygen atoms in total. The summed E-state index contributed by atoms with van der Waals surface area (Å²) in [6, 6.07) is 8.47. The van der Waals surface area contributed by atoms with Crippen LogP contribution in [0.4, 0.5) is 0 Å². The zero-order valence-corrected chi connectivity index (χ0v) is 13.5. The standard InChI is InChI=1S/C15H19N5OS/c1-10(22-15-17-18-19-20(15)2)14(21)16-13-9-5-7-11-6-3-4-8-12(11)13/h3-4,6,8,10,13H,5,7,9H2,1-2H3,(H,16,21)/t10-,13+/m0/s1. The van der Waals surface area contributed by atoms with Crippen LogP contribution in [0.5, 0.6) is 0 Å². The molecule has 1 aliphatic carbocycles. The van der Waals surface area contributed by atoms with Gasteiger partial charge in [-0.15, -0.1) is 5.10 Å². The van der Waals surface area contributed by atoms with Crippen LogP contribution >= 0.6 is 11.8 Å². The van der Waals surface area contributed by atoms with Crippen LogP contribution in [0.1, 0.15) is 36.9 Å². The second-order valence-electron chi connectivity index (χ2n) is 5.50. The van der Waals surface area contributed by atoms with Gasteiger partial charge in [0.25, 0.3) is 0 Å². The number of amides is 1. The van der Waals surface area contributed by atoms with Gasteiger partial charge in [-0.2, -0.15) is 0 Å². The molecule has 1 amide bonds. The molecule has 0 unspecified atom stereocenters. The number of rotatable bonds is 4. The molecular formula is C15H19N5OS. The highest BCUT2D eigenvalue weighted by Gasteiger charge is 2.24. The normalized spacial score (nSPS) is 18.5. The number of hydrogen-bond donors (Lipinski definition) is 1. The van der Waals surface area contributed by atoms with Crippen LogP contribution in [0.2, 0.25) is 0 Å². The molecule has 116 valence electrons. The summed E-state index contributed by atoms with van der Waals surface area (Å²) in [5, 5.41) is 14.9. The summed E-state index contributed by atoms with van der Waals surface area (Å²) in [7, 11) is 1.77. The Hall–Kier alpha value is -1.89. The van der Waals surface area contributed by atoms with E-state index in [-0.39, 0.29) is 17.2 Å². The Morgan fingerprint density at radius 1 is 1.45 bits per heavy atom. The lowest BCUT2D eigenvalue weighted by atomic mass is 9.88. The number of tetrazole rings is 1. The number of nitrogens with zero attached hydrogens (tertiary/aromatic N) is 4. The van der Waals surface area contributed by atoms with Crippen molar-refractivity contribution in [3.63, 3.8) is 0 Å². The second kappa shape index (κ2) is 6.48. The topological polar surface area (TPSA) is 72.7 Å². The van der Waals surface area contributed by atoms with Gasteiger partial charge in [0.05, 0.1) is 11.3 Å². The number of fused-ring (bicyclic) bond motifs is 1. The number of thioether (sulfide) groups is 1. The van der Waals surface area contributed by atoms with Crippen LogP contribution in [-0.4, -0.2) is 31.4 Å². The van der Waals surface area contributed by atoms with Gasteiger partial charge < -0.3 is 5.32 Å². The third kappa shape index (κ3) is 3.14. The molecule has 1 aromatic heterocycles. The highest BCUT2D eigenvalue weighted by molar-refractivity contribution is 8.00. The monoisotopic (exact) mass is 317 g/mol. The Morgan fingerprint density at radius 3 is 3.05 bits per heavy atom. The van der Waals surface area contributed by atoms with Crippen LogP contribution in [0.25, 0.3) is 0 Å². The minimum absolute atomic E-state index is 0.0229. The Bertz CT molecular complexity index is 671. The number of aromatic nitrogens is 4. The smallest absolute Gasteiger partial charge is 0.233 e. The predicted octanol–water partition coefficient (Wildman–Crippen LogP) is 1.88. The highest BCUT2D eigenvalue weighted by Crippen LogP contribution is 2.30. The summed E-state index contributed by atoms with van der Waals surface area (Å²) in [6.07, 6.45) is 3.19. The van der Waals surface area contributed by atoms with E-state index in [1.165, 1.54) is 22.9 Å². The van der Waals surface area contributed by atoms with Gasteiger partial charge in [0.2, 0.25) is 11.1 Å². The van der Waals surface area contributed by atoms with Crippen molar-refractivity contribution in [2.24, 2.45) is 7.05 Å². The molecule has 0 aliphatic heterocycles. The average Bonchev–Trinajstić information content (AvgIpc) is 2.93. The molecule has 1 N–H and O–H groups in total. The molecule has 0 spiro atoms. The summed E-state index contributed by atoms with van der Waals surface area (Å²) in [4.78, 5) is 12.4. The van der Waals surface area contributed by atoms with Crippen LogP contribution in [0.3, 0.4) is 0 Å². The minimum Gasteiger partial charge on any atom is -0.348 e. The van der Waals surface area contributed by atoms with Gasteiger partial charge in [0.15, 0.2) is 0 Å². The maximum atomic E-state index is 12.4. The maximum Gasteiger partial charge on any atom is 0.233 e. The molecule has 1 heterocycles. The van der Waals surface area contributed by atoms with Crippen LogP contribution in [0, 0.1) is 0 Å². The van der Waals surface area contributed by atoms with Gasteiger partial charge >= 0.3 is 0 Å². The number of carbonyl (C=O) groups excluding carboxylic acids is 1. The van der Waals surface area contributed by atoms with E-state index in [1.54, 1.807) is 11.7 Å². The Balaban J connectivity index is 1.66. The third-order valence-electron chi connectivity index (χ3n) is 3.92. The lowest BCUT2D eigenvalue weighted by molar-refractivity contribution is -0.121. The van der Waals surface area contributed by atoms with E-state index < -0.39 is 0 Å². The Kier molecular flexibility index (Phi) is 4.42. The van der Waals surface area contributed by atoms with Crippen molar-refractivity contribution in [3.05, 3.63) is 35.4 Å².